The molecule has 1 atom stereocenters. The number of hydrogen-bond acceptors (Lipinski definition) is 12. The largest absolute Gasteiger partial charge is 0.496 e. The second-order valence-electron chi connectivity index (χ2n) is 17.1. The Labute approximate surface area is 377 Å². The highest BCUT2D eigenvalue weighted by molar-refractivity contribution is 6.31. The zero-order chi connectivity index (χ0) is 44.7. The minimum atomic E-state index is -0.955. The normalized spacial score (nSPS) is 19.2. The van der Waals surface area contributed by atoms with Crippen LogP contribution in [0.2, 0.25) is 5.02 Å². The highest BCUT2D eigenvalue weighted by atomic mass is 35.5. The van der Waals surface area contributed by atoms with Gasteiger partial charge in [-0.15, -0.1) is 0 Å². The van der Waals surface area contributed by atoms with Crippen LogP contribution >= 0.6 is 11.6 Å². The lowest BCUT2D eigenvalue weighted by molar-refractivity contribution is -0.136. The van der Waals surface area contributed by atoms with E-state index in [0.717, 1.165) is 101 Å². The number of carbonyl (C=O) groups is 5. The highest BCUT2D eigenvalue weighted by Crippen LogP contribution is 2.33. The molecule has 0 bridgehead atoms. The lowest BCUT2D eigenvalue weighted by atomic mass is 9.97. The second-order valence-corrected chi connectivity index (χ2v) is 17.5. The molecule has 0 spiro atoms. The number of allylic oxidation sites excluding steroid dienone is 1. The van der Waals surface area contributed by atoms with Gasteiger partial charge in [0.1, 0.15) is 29.8 Å². The number of fused-ring (bicyclic) bond motifs is 2. The van der Waals surface area contributed by atoms with Gasteiger partial charge < -0.3 is 15.0 Å². The number of piperazine rings is 1. The van der Waals surface area contributed by atoms with E-state index in [1.807, 2.05) is 18.2 Å². The van der Waals surface area contributed by atoms with Gasteiger partial charge >= 0.3 is 0 Å². The fourth-order valence-corrected chi connectivity index (χ4v) is 9.64. The van der Waals surface area contributed by atoms with Crippen LogP contribution in [-0.2, 0) is 27.2 Å². The van der Waals surface area contributed by atoms with Crippen molar-refractivity contribution in [2.24, 2.45) is 0 Å². The summed E-state index contributed by atoms with van der Waals surface area (Å²) < 4.78 is 19.4. The minimum Gasteiger partial charge on any atom is -0.496 e. The van der Waals surface area contributed by atoms with Crippen molar-refractivity contribution < 1.29 is 33.1 Å². The molecule has 0 saturated carbocycles. The van der Waals surface area contributed by atoms with Gasteiger partial charge in [-0.2, -0.15) is 0 Å². The molecule has 336 valence electrons. The minimum absolute atomic E-state index is 0.00246. The smallest absolute Gasteiger partial charge is 0.262 e. The third-order valence-corrected chi connectivity index (χ3v) is 13.2. The topological polar surface area (TPSA) is 157 Å². The summed E-state index contributed by atoms with van der Waals surface area (Å²) in [6.07, 6.45) is 12.5. The Morgan fingerprint density at radius 2 is 1.70 bits per heavy atom. The van der Waals surface area contributed by atoms with Crippen molar-refractivity contribution in [3.63, 3.8) is 0 Å². The van der Waals surface area contributed by atoms with Crippen LogP contribution in [0, 0.1) is 5.82 Å². The Morgan fingerprint density at radius 1 is 0.906 bits per heavy atom. The van der Waals surface area contributed by atoms with E-state index in [1.165, 1.54) is 18.5 Å². The standard InChI is InChI=1S/C48H54ClFN8O6/c1-64-42-29-40-37(45(52-30-51-40)53-33-12-13-39(50)38(49)28-33)27-32(42)26-35(59)10-7-19-55-20-16-34(17-21-55)57-24-22-56(23-25-57)18-5-3-2-4-8-31-9-6-11-36-44(31)48(63)58(47(36)62)41-14-15-43(60)54-46(41)61/h6-7,9-13,27-30,34,41H,2-5,8,14-26H2,1H3,(H,51,52,53)(H,54,60,61)/b10-7+. The van der Waals surface area contributed by atoms with Crippen molar-refractivity contribution in [2.75, 3.05) is 64.8 Å². The van der Waals surface area contributed by atoms with E-state index in [9.17, 15) is 28.4 Å². The summed E-state index contributed by atoms with van der Waals surface area (Å²) in [7, 11) is 1.57. The number of benzene rings is 3. The van der Waals surface area contributed by atoms with Crippen molar-refractivity contribution in [1.82, 2.24) is 34.9 Å². The summed E-state index contributed by atoms with van der Waals surface area (Å²) in [6.45, 7) is 8.05. The number of unbranched alkanes of at least 4 members (excludes halogenated alkanes) is 3. The van der Waals surface area contributed by atoms with Gasteiger partial charge in [-0.25, -0.2) is 14.4 Å². The number of aromatic nitrogens is 2. The number of likely N-dealkylation sites (tertiary alicyclic amines) is 1. The number of anilines is 2. The maximum Gasteiger partial charge on any atom is 0.262 e. The molecule has 4 aromatic rings. The number of methoxy groups -OCH3 is 1. The molecule has 5 heterocycles. The van der Waals surface area contributed by atoms with E-state index in [1.54, 1.807) is 37.5 Å². The zero-order valence-corrected chi connectivity index (χ0v) is 36.9. The van der Waals surface area contributed by atoms with Gasteiger partial charge in [0, 0.05) is 74.3 Å². The lowest BCUT2D eigenvalue weighted by Gasteiger charge is -2.42. The van der Waals surface area contributed by atoms with Crippen LogP contribution in [0.15, 0.2) is 67.0 Å². The first-order valence-corrected chi connectivity index (χ1v) is 22.7. The summed E-state index contributed by atoms with van der Waals surface area (Å²) in [5, 5.41) is 6.13. The molecular weight excluding hydrogens is 839 g/mol. The Hall–Kier alpha value is -5.61. The molecule has 3 aromatic carbocycles. The van der Waals surface area contributed by atoms with Gasteiger partial charge in [-0.3, -0.25) is 44.0 Å². The molecule has 4 aliphatic heterocycles. The van der Waals surface area contributed by atoms with Crippen molar-refractivity contribution in [3.8, 4) is 5.75 Å². The number of imide groups is 2. The number of ether oxygens (including phenoxy) is 1. The van der Waals surface area contributed by atoms with E-state index in [4.69, 9.17) is 16.3 Å². The molecule has 0 aliphatic carbocycles. The van der Waals surface area contributed by atoms with E-state index in [-0.39, 0.29) is 36.0 Å². The van der Waals surface area contributed by atoms with E-state index in [2.05, 4.69) is 35.3 Å². The number of aryl methyl sites for hydroxylation is 1. The van der Waals surface area contributed by atoms with Crippen LogP contribution in [-0.4, -0.2) is 131 Å². The average Bonchev–Trinajstić information content (AvgIpc) is 3.55. The summed E-state index contributed by atoms with van der Waals surface area (Å²) in [6, 6.07) is 13.0. The fourth-order valence-electron chi connectivity index (χ4n) is 9.46. The molecule has 16 heteroatoms. The van der Waals surface area contributed by atoms with Crippen molar-refractivity contribution >= 4 is 63.4 Å². The van der Waals surface area contributed by atoms with Crippen molar-refractivity contribution in [1.29, 1.82) is 0 Å². The Morgan fingerprint density at radius 3 is 2.47 bits per heavy atom. The first-order valence-electron chi connectivity index (χ1n) is 22.3. The molecule has 1 unspecified atom stereocenters. The summed E-state index contributed by atoms with van der Waals surface area (Å²) in [5.41, 5.74) is 3.51. The molecule has 3 fully saturated rings. The molecule has 1 aromatic heterocycles. The van der Waals surface area contributed by atoms with Gasteiger partial charge in [0.2, 0.25) is 11.8 Å². The number of hydrogen-bond donors (Lipinski definition) is 2. The van der Waals surface area contributed by atoms with Crippen LogP contribution < -0.4 is 15.4 Å². The molecular formula is C48H54ClFN8O6. The molecule has 4 aliphatic rings. The molecule has 14 nitrogen and oxygen atoms in total. The summed E-state index contributed by atoms with van der Waals surface area (Å²) in [4.78, 5) is 81.2. The highest BCUT2D eigenvalue weighted by Gasteiger charge is 2.45. The van der Waals surface area contributed by atoms with Crippen LogP contribution in [0.3, 0.4) is 0 Å². The number of amides is 4. The number of nitrogens with one attached hydrogen (secondary N) is 2. The quantitative estimate of drug-likeness (QED) is 0.0712. The zero-order valence-electron chi connectivity index (χ0n) is 36.1. The van der Waals surface area contributed by atoms with E-state index >= 15 is 0 Å². The van der Waals surface area contributed by atoms with Gasteiger partial charge in [0.05, 0.1) is 28.8 Å². The average molecular weight is 893 g/mol. The maximum atomic E-state index is 13.7. The van der Waals surface area contributed by atoms with Crippen LogP contribution in [0.4, 0.5) is 15.9 Å². The SMILES string of the molecule is COc1cc2ncnc(Nc3ccc(F)c(Cl)c3)c2cc1CC(=O)/C=C/CN1CCC(N2CCN(CCCCCCc3cccc4c3C(=O)N(C3CCC(=O)NC3=O)C4=O)CC2)CC1. The van der Waals surface area contributed by atoms with Gasteiger partial charge in [-0.05, 0) is 100 Å². The summed E-state index contributed by atoms with van der Waals surface area (Å²) in [5.74, 6) is -1.35. The number of rotatable bonds is 17. The van der Waals surface area contributed by atoms with Crippen LogP contribution in [0.25, 0.3) is 10.9 Å². The first kappa shape index (κ1) is 45.0. The first-order chi connectivity index (χ1) is 31.1. The number of carbonyl (C=O) groups excluding carboxylic acids is 5. The molecule has 4 amide bonds. The number of nitrogens with zero attached hydrogens (tertiary/aromatic N) is 6. The van der Waals surface area contributed by atoms with Gasteiger partial charge in [-0.1, -0.05) is 42.7 Å². The van der Waals surface area contributed by atoms with Crippen molar-refractivity contribution in [2.45, 2.75) is 76.3 Å². The predicted octanol–water partition coefficient (Wildman–Crippen LogP) is 6.13. The van der Waals surface area contributed by atoms with E-state index in [0.29, 0.717) is 57.3 Å². The predicted molar refractivity (Wildman–Crippen MR) is 241 cm³/mol. The third kappa shape index (κ3) is 10.3. The van der Waals surface area contributed by atoms with Gasteiger partial charge in [0.25, 0.3) is 11.8 Å². The molecule has 2 N–H and O–H groups in total. The maximum absolute atomic E-state index is 13.7. The Kier molecular flexibility index (Phi) is 14.4. The number of piperidine rings is 2. The van der Waals surface area contributed by atoms with Gasteiger partial charge in [0.15, 0.2) is 5.78 Å². The Bertz CT molecular complexity index is 2450. The Balaban J connectivity index is 0.721. The third-order valence-electron chi connectivity index (χ3n) is 13.0. The second kappa shape index (κ2) is 20.5. The number of halogens is 2. The summed E-state index contributed by atoms with van der Waals surface area (Å²) >= 11 is 5.98. The fraction of sp³-hybridized carbons (Fsp3) is 0.438. The molecule has 64 heavy (non-hydrogen) atoms. The van der Waals surface area contributed by atoms with Crippen LogP contribution in [0.5, 0.6) is 5.75 Å². The van der Waals surface area contributed by atoms with Crippen molar-refractivity contribution in [3.05, 3.63) is 100 Å². The van der Waals surface area contributed by atoms with E-state index < -0.39 is 29.6 Å². The van der Waals surface area contributed by atoms with Crippen LogP contribution in [0.1, 0.15) is 83.2 Å². The lowest BCUT2D eigenvalue weighted by Crippen LogP contribution is -2.54. The monoisotopic (exact) mass is 892 g/mol. The molecule has 0 radical (unpaired) electrons. The number of ketones is 1. The molecule has 3 saturated heterocycles. The molecule has 8 rings (SSSR count).